The van der Waals surface area contributed by atoms with Crippen LogP contribution in [-0.4, -0.2) is 36.9 Å². The molecule has 2 unspecified atom stereocenters. The number of hydrogen-bond acceptors (Lipinski definition) is 3. The van der Waals surface area contributed by atoms with Gasteiger partial charge in [-0.1, -0.05) is 13.8 Å². The molecule has 0 aromatic carbocycles. The average Bonchev–Trinajstić information content (AvgIpc) is 2.23. The monoisotopic (exact) mass is 243 g/mol. The summed E-state index contributed by atoms with van der Waals surface area (Å²) in [6.07, 6.45) is 0. The van der Waals surface area contributed by atoms with E-state index < -0.39 is 12.1 Å². The quantitative estimate of drug-likeness (QED) is 0.602. The van der Waals surface area contributed by atoms with Crippen molar-refractivity contribution in [2.45, 2.75) is 39.8 Å². The summed E-state index contributed by atoms with van der Waals surface area (Å²) < 4.78 is 0. The standard InChI is InChI=1S/C11H21N3O3/c1-6(2)9(14-8(4)15)11(17)13-7(3)10(16)12-5/h6-7,9H,1-5H3,(H,12,16)(H,13,17)(H,14,15). The molecule has 6 heteroatoms. The van der Waals surface area contributed by atoms with Gasteiger partial charge >= 0.3 is 0 Å². The van der Waals surface area contributed by atoms with Crippen molar-refractivity contribution in [2.75, 3.05) is 7.05 Å². The van der Waals surface area contributed by atoms with E-state index in [0.717, 1.165) is 0 Å². The number of carbonyl (C=O) groups excluding carboxylic acids is 3. The van der Waals surface area contributed by atoms with E-state index in [-0.39, 0.29) is 23.6 Å². The zero-order valence-electron chi connectivity index (χ0n) is 11.0. The van der Waals surface area contributed by atoms with Crippen LogP contribution < -0.4 is 16.0 Å². The highest BCUT2D eigenvalue weighted by Crippen LogP contribution is 2.02. The van der Waals surface area contributed by atoms with Gasteiger partial charge in [-0.2, -0.15) is 0 Å². The fraction of sp³-hybridized carbons (Fsp3) is 0.727. The van der Waals surface area contributed by atoms with Crippen LogP contribution in [0.1, 0.15) is 27.7 Å². The van der Waals surface area contributed by atoms with Gasteiger partial charge in [-0.15, -0.1) is 0 Å². The second-order valence-electron chi connectivity index (χ2n) is 4.27. The maximum Gasteiger partial charge on any atom is 0.243 e. The smallest absolute Gasteiger partial charge is 0.243 e. The fourth-order valence-electron chi connectivity index (χ4n) is 1.34. The first-order valence-electron chi connectivity index (χ1n) is 5.58. The Labute approximate surface area is 102 Å². The van der Waals surface area contributed by atoms with Gasteiger partial charge in [0.25, 0.3) is 0 Å². The first-order valence-corrected chi connectivity index (χ1v) is 5.58. The molecule has 0 saturated carbocycles. The molecule has 0 rings (SSSR count). The number of likely N-dealkylation sites (N-methyl/N-ethyl adjacent to an activating group) is 1. The molecule has 0 aliphatic carbocycles. The van der Waals surface area contributed by atoms with Crippen molar-refractivity contribution in [3.05, 3.63) is 0 Å². The number of rotatable bonds is 5. The molecule has 2 atom stereocenters. The summed E-state index contributed by atoms with van der Waals surface area (Å²) in [5.41, 5.74) is 0. The molecule has 0 aliphatic heterocycles. The number of nitrogens with one attached hydrogen (secondary N) is 3. The number of carbonyl (C=O) groups is 3. The minimum Gasteiger partial charge on any atom is -0.357 e. The molecule has 0 saturated heterocycles. The van der Waals surface area contributed by atoms with E-state index in [1.54, 1.807) is 6.92 Å². The number of hydrogen-bond donors (Lipinski definition) is 3. The molecule has 3 N–H and O–H groups in total. The van der Waals surface area contributed by atoms with E-state index in [4.69, 9.17) is 0 Å². The minimum absolute atomic E-state index is 0.0456. The van der Waals surface area contributed by atoms with Crippen LogP contribution >= 0.6 is 0 Å². The van der Waals surface area contributed by atoms with Crippen molar-refractivity contribution in [1.82, 2.24) is 16.0 Å². The molecule has 0 fully saturated rings. The van der Waals surface area contributed by atoms with E-state index in [1.807, 2.05) is 13.8 Å². The van der Waals surface area contributed by atoms with Crippen molar-refractivity contribution in [1.29, 1.82) is 0 Å². The zero-order valence-corrected chi connectivity index (χ0v) is 11.0. The van der Waals surface area contributed by atoms with E-state index in [2.05, 4.69) is 16.0 Å². The largest absolute Gasteiger partial charge is 0.357 e. The van der Waals surface area contributed by atoms with Gasteiger partial charge in [0.05, 0.1) is 0 Å². The van der Waals surface area contributed by atoms with E-state index >= 15 is 0 Å². The Kier molecular flexibility index (Phi) is 6.23. The summed E-state index contributed by atoms with van der Waals surface area (Å²) >= 11 is 0. The SMILES string of the molecule is CNC(=O)C(C)NC(=O)C(NC(C)=O)C(C)C. The average molecular weight is 243 g/mol. The summed E-state index contributed by atoms with van der Waals surface area (Å²) in [6, 6.07) is -1.25. The Balaban J connectivity index is 4.53. The Bertz CT molecular complexity index is 302. The van der Waals surface area contributed by atoms with Crippen molar-refractivity contribution in [2.24, 2.45) is 5.92 Å². The highest BCUT2D eigenvalue weighted by molar-refractivity contribution is 5.91. The summed E-state index contributed by atoms with van der Waals surface area (Å²) in [7, 11) is 1.50. The fourth-order valence-corrected chi connectivity index (χ4v) is 1.34. The Morgan fingerprint density at radius 3 is 1.82 bits per heavy atom. The molecule has 0 heterocycles. The predicted molar refractivity (Wildman–Crippen MR) is 64.1 cm³/mol. The van der Waals surface area contributed by atoms with Crippen LogP contribution in [-0.2, 0) is 14.4 Å². The number of amides is 3. The van der Waals surface area contributed by atoms with Crippen molar-refractivity contribution in [3.63, 3.8) is 0 Å². The third-order valence-corrected chi connectivity index (χ3v) is 2.31. The van der Waals surface area contributed by atoms with Gasteiger partial charge in [0.1, 0.15) is 12.1 Å². The van der Waals surface area contributed by atoms with Crippen LogP contribution in [0.15, 0.2) is 0 Å². The molecule has 0 bridgehead atoms. The Morgan fingerprint density at radius 1 is 0.941 bits per heavy atom. The predicted octanol–water partition coefficient (Wildman–Crippen LogP) is -0.602. The molecule has 17 heavy (non-hydrogen) atoms. The second-order valence-corrected chi connectivity index (χ2v) is 4.27. The lowest BCUT2D eigenvalue weighted by atomic mass is 10.0. The van der Waals surface area contributed by atoms with Crippen LogP contribution in [0.4, 0.5) is 0 Å². The van der Waals surface area contributed by atoms with Gasteiger partial charge in [-0.25, -0.2) is 0 Å². The van der Waals surface area contributed by atoms with Gasteiger partial charge < -0.3 is 16.0 Å². The highest BCUT2D eigenvalue weighted by Gasteiger charge is 2.25. The topological polar surface area (TPSA) is 87.3 Å². The lowest BCUT2D eigenvalue weighted by Crippen LogP contribution is -2.53. The summed E-state index contributed by atoms with van der Waals surface area (Å²) in [5, 5.41) is 7.55. The molecular weight excluding hydrogens is 222 g/mol. The van der Waals surface area contributed by atoms with Gasteiger partial charge in [-0.3, -0.25) is 14.4 Å². The molecule has 0 aromatic heterocycles. The zero-order chi connectivity index (χ0) is 13.6. The second kappa shape index (κ2) is 6.88. The third-order valence-electron chi connectivity index (χ3n) is 2.31. The van der Waals surface area contributed by atoms with E-state index in [9.17, 15) is 14.4 Å². The normalized spacial score (nSPS) is 13.8. The Morgan fingerprint density at radius 2 is 1.47 bits per heavy atom. The van der Waals surface area contributed by atoms with Crippen LogP contribution in [0.25, 0.3) is 0 Å². The van der Waals surface area contributed by atoms with Crippen molar-refractivity contribution >= 4 is 17.7 Å². The first-order chi connectivity index (χ1) is 7.79. The minimum atomic E-state index is -0.625. The lowest BCUT2D eigenvalue weighted by Gasteiger charge is -2.22. The summed E-state index contributed by atoms with van der Waals surface area (Å²) in [6.45, 7) is 6.59. The maximum absolute atomic E-state index is 11.8. The molecule has 3 amide bonds. The summed E-state index contributed by atoms with van der Waals surface area (Å²) in [5.74, 6) is -0.947. The molecule has 0 radical (unpaired) electrons. The molecule has 98 valence electrons. The summed E-state index contributed by atoms with van der Waals surface area (Å²) in [4.78, 5) is 34.1. The first kappa shape index (κ1) is 15.4. The van der Waals surface area contributed by atoms with Crippen LogP contribution in [0.3, 0.4) is 0 Å². The maximum atomic E-state index is 11.8. The molecule has 0 aliphatic rings. The van der Waals surface area contributed by atoms with Gasteiger partial charge in [0, 0.05) is 14.0 Å². The lowest BCUT2D eigenvalue weighted by molar-refractivity contribution is -0.132. The van der Waals surface area contributed by atoms with Gasteiger partial charge in [0.15, 0.2) is 0 Å². The van der Waals surface area contributed by atoms with Gasteiger partial charge in [-0.05, 0) is 12.8 Å². The van der Waals surface area contributed by atoms with Crippen LogP contribution in [0, 0.1) is 5.92 Å². The van der Waals surface area contributed by atoms with Crippen molar-refractivity contribution in [3.8, 4) is 0 Å². The van der Waals surface area contributed by atoms with Gasteiger partial charge in [0.2, 0.25) is 17.7 Å². The molecule has 0 spiro atoms. The van der Waals surface area contributed by atoms with E-state index in [0.29, 0.717) is 0 Å². The molecule has 0 aromatic rings. The van der Waals surface area contributed by atoms with Crippen LogP contribution in [0.5, 0.6) is 0 Å². The van der Waals surface area contributed by atoms with Crippen LogP contribution in [0.2, 0.25) is 0 Å². The third kappa shape index (κ3) is 5.33. The molecular formula is C11H21N3O3. The highest BCUT2D eigenvalue weighted by atomic mass is 16.2. The molecule has 6 nitrogen and oxygen atoms in total. The van der Waals surface area contributed by atoms with E-state index in [1.165, 1.54) is 14.0 Å². The Hall–Kier alpha value is -1.59. The van der Waals surface area contributed by atoms with Crippen molar-refractivity contribution < 1.29 is 14.4 Å².